The molecule has 28 heavy (non-hydrogen) atoms. The third-order valence-electron chi connectivity index (χ3n) is 5.25. The number of likely N-dealkylation sites (tertiary alicyclic amines) is 1. The zero-order chi connectivity index (χ0) is 19.8. The predicted molar refractivity (Wildman–Crippen MR) is 97.5 cm³/mol. The van der Waals surface area contributed by atoms with Crippen LogP contribution in [0.1, 0.15) is 35.1 Å². The van der Waals surface area contributed by atoms with Gasteiger partial charge in [0.2, 0.25) is 0 Å². The second-order valence-electron chi connectivity index (χ2n) is 7.34. The van der Waals surface area contributed by atoms with Crippen molar-refractivity contribution >= 4 is 5.71 Å². The molecule has 4 rings (SSSR count). The lowest BCUT2D eigenvalue weighted by molar-refractivity contribution is -0.137. The predicted octanol–water partition coefficient (Wildman–Crippen LogP) is 4.35. The minimum Gasteiger partial charge on any atom is -0.387 e. The molecule has 1 spiro atoms. The van der Waals surface area contributed by atoms with Gasteiger partial charge in [-0.2, -0.15) is 18.4 Å². The smallest absolute Gasteiger partial charge is 0.387 e. The summed E-state index contributed by atoms with van der Waals surface area (Å²) in [6.07, 6.45) is -3.10. The Morgan fingerprint density at radius 2 is 1.96 bits per heavy atom. The van der Waals surface area contributed by atoms with Crippen molar-refractivity contribution in [2.24, 2.45) is 5.16 Å². The Bertz CT molecular complexity index is 947. The van der Waals surface area contributed by atoms with Gasteiger partial charge in [-0.1, -0.05) is 29.4 Å². The maximum absolute atomic E-state index is 13.0. The van der Waals surface area contributed by atoms with Crippen molar-refractivity contribution in [2.45, 2.75) is 31.2 Å². The van der Waals surface area contributed by atoms with Crippen LogP contribution < -0.4 is 0 Å². The van der Waals surface area contributed by atoms with Crippen molar-refractivity contribution < 1.29 is 18.0 Å². The van der Waals surface area contributed by atoms with E-state index in [9.17, 15) is 13.2 Å². The van der Waals surface area contributed by atoms with Gasteiger partial charge in [0.1, 0.15) is 0 Å². The Balaban J connectivity index is 1.41. The number of oxime groups is 1. The van der Waals surface area contributed by atoms with Gasteiger partial charge in [-0.3, -0.25) is 4.90 Å². The third-order valence-corrected chi connectivity index (χ3v) is 5.25. The Hall–Kier alpha value is -2.85. The van der Waals surface area contributed by atoms with Crippen LogP contribution in [0.25, 0.3) is 0 Å². The van der Waals surface area contributed by atoms with E-state index >= 15 is 0 Å². The quantitative estimate of drug-likeness (QED) is 0.789. The van der Waals surface area contributed by atoms with Gasteiger partial charge in [0.05, 0.1) is 22.9 Å². The number of nitrogens with zero attached hydrogens (tertiary/aromatic N) is 3. The maximum Gasteiger partial charge on any atom is 0.416 e. The van der Waals surface area contributed by atoms with E-state index in [1.807, 2.05) is 12.1 Å². The number of alkyl halides is 3. The summed E-state index contributed by atoms with van der Waals surface area (Å²) in [5.41, 5.74) is 1.59. The molecule has 0 aliphatic carbocycles. The SMILES string of the molecule is N#Cc1ccc(CN2CCC3(CC(c4cccc(C(F)(F)F)c4)=NO3)C2)cc1. The zero-order valence-corrected chi connectivity index (χ0v) is 15.0. The molecule has 0 saturated carbocycles. The van der Waals surface area contributed by atoms with Crippen LogP contribution in [0.2, 0.25) is 0 Å². The van der Waals surface area contributed by atoms with Crippen molar-refractivity contribution in [3.05, 3.63) is 70.8 Å². The molecule has 0 aromatic heterocycles. The molecule has 0 bridgehead atoms. The van der Waals surface area contributed by atoms with Crippen molar-refractivity contribution in [3.8, 4) is 6.07 Å². The Morgan fingerprint density at radius 3 is 2.68 bits per heavy atom. The van der Waals surface area contributed by atoms with Crippen LogP contribution in [0, 0.1) is 11.3 Å². The fraction of sp³-hybridized carbons (Fsp3) is 0.333. The number of nitriles is 1. The van der Waals surface area contributed by atoms with Gasteiger partial charge in [-0.05, 0) is 29.8 Å². The van der Waals surface area contributed by atoms with Crippen LogP contribution in [0.3, 0.4) is 0 Å². The van der Waals surface area contributed by atoms with Crippen molar-refractivity contribution in [2.75, 3.05) is 13.1 Å². The molecule has 1 fully saturated rings. The molecule has 7 heteroatoms. The molecule has 2 aliphatic heterocycles. The zero-order valence-electron chi connectivity index (χ0n) is 15.0. The van der Waals surface area contributed by atoms with Gasteiger partial charge in [0, 0.05) is 38.0 Å². The van der Waals surface area contributed by atoms with Crippen LogP contribution in [-0.2, 0) is 17.6 Å². The number of hydrogen-bond donors (Lipinski definition) is 0. The second kappa shape index (κ2) is 6.95. The lowest BCUT2D eigenvalue weighted by Gasteiger charge is -2.22. The molecule has 0 N–H and O–H groups in total. The first-order chi connectivity index (χ1) is 13.4. The number of benzene rings is 2. The van der Waals surface area contributed by atoms with E-state index in [0.717, 1.165) is 37.2 Å². The highest BCUT2D eigenvalue weighted by molar-refractivity contribution is 6.01. The normalized spacial score (nSPS) is 22.1. The molecule has 0 radical (unpaired) electrons. The number of halogens is 3. The highest BCUT2D eigenvalue weighted by Crippen LogP contribution is 2.37. The number of rotatable bonds is 3. The van der Waals surface area contributed by atoms with Crippen LogP contribution >= 0.6 is 0 Å². The molecule has 0 amide bonds. The standard InChI is InChI=1S/C21H18F3N3O/c22-21(23,24)18-3-1-2-17(10-18)19-11-20(28-26-19)8-9-27(14-20)13-16-6-4-15(12-25)5-7-16/h1-7,10H,8-9,11,13-14H2. The van der Waals surface area contributed by atoms with E-state index in [1.165, 1.54) is 6.07 Å². The Morgan fingerprint density at radius 1 is 1.18 bits per heavy atom. The summed E-state index contributed by atoms with van der Waals surface area (Å²) in [6.45, 7) is 2.22. The molecular formula is C21H18F3N3O. The van der Waals surface area contributed by atoms with E-state index in [1.54, 1.807) is 18.2 Å². The van der Waals surface area contributed by atoms with Crippen LogP contribution in [0.4, 0.5) is 13.2 Å². The molecule has 1 unspecified atom stereocenters. The van der Waals surface area contributed by atoms with Crippen molar-refractivity contribution in [3.63, 3.8) is 0 Å². The lowest BCUT2D eigenvalue weighted by Crippen LogP contribution is -2.33. The first-order valence-electron chi connectivity index (χ1n) is 9.01. The Labute approximate surface area is 160 Å². The van der Waals surface area contributed by atoms with Crippen molar-refractivity contribution in [1.29, 1.82) is 5.26 Å². The van der Waals surface area contributed by atoms with Gasteiger partial charge in [0.25, 0.3) is 0 Å². The minimum absolute atomic E-state index is 0.456. The van der Waals surface area contributed by atoms with Crippen LogP contribution in [0.5, 0.6) is 0 Å². The topological polar surface area (TPSA) is 48.6 Å². The van der Waals surface area contributed by atoms with Gasteiger partial charge in [-0.15, -0.1) is 0 Å². The molecule has 144 valence electrons. The largest absolute Gasteiger partial charge is 0.416 e. The minimum atomic E-state index is -4.38. The summed E-state index contributed by atoms with van der Waals surface area (Å²) >= 11 is 0. The fourth-order valence-electron chi connectivity index (χ4n) is 3.78. The van der Waals surface area contributed by atoms with E-state index in [0.29, 0.717) is 29.8 Å². The summed E-state index contributed by atoms with van der Waals surface area (Å²) in [5, 5.41) is 13.0. The molecule has 2 aromatic carbocycles. The van der Waals surface area contributed by atoms with Crippen LogP contribution in [0.15, 0.2) is 53.7 Å². The molecule has 4 nitrogen and oxygen atoms in total. The molecule has 2 aliphatic rings. The Kier molecular flexibility index (Phi) is 4.60. The number of hydrogen-bond acceptors (Lipinski definition) is 4. The average molecular weight is 385 g/mol. The van der Waals surface area contributed by atoms with Gasteiger partial charge in [-0.25, -0.2) is 0 Å². The fourth-order valence-corrected chi connectivity index (χ4v) is 3.78. The summed E-state index contributed by atoms with van der Waals surface area (Å²) in [6, 6.07) is 14.8. The van der Waals surface area contributed by atoms with E-state index in [4.69, 9.17) is 10.1 Å². The first kappa shape index (κ1) is 18.5. The molecule has 1 atom stereocenters. The summed E-state index contributed by atoms with van der Waals surface area (Å²) in [4.78, 5) is 7.96. The van der Waals surface area contributed by atoms with Gasteiger partial charge < -0.3 is 4.84 Å². The third kappa shape index (κ3) is 3.73. The lowest BCUT2D eigenvalue weighted by atomic mass is 9.93. The van der Waals surface area contributed by atoms with Gasteiger partial charge in [0.15, 0.2) is 5.60 Å². The molecule has 1 saturated heterocycles. The summed E-state index contributed by atoms with van der Waals surface area (Å²) in [5.74, 6) is 0. The molecule has 2 aromatic rings. The molecular weight excluding hydrogens is 367 g/mol. The van der Waals surface area contributed by atoms with E-state index in [-0.39, 0.29) is 0 Å². The summed E-state index contributed by atoms with van der Waals surface area (Å²) in [7, 11) is 0. The van der Waals surface area contributed by atoms with Crippen molar-refractivity contribution in [1.82, 2.24) is 4.90 Å². The average Bonchev–Trinajstić information content (AvgIpc) is 3.28. The monoisotopic (exact) mass is 385 g/mol. The van der Waals surface area contributed by atoms with Crippen LogP contribution in [-0.4, -0.2) is 29.3 Å². The highest BCUT2D eigenvalue weighted by atomic mass is 19.4. The first-order valence-corrected chi connectivity index (χ1v) is 9.01. The highest BCUT2D eigenvalue weighted by Gasteiger charge is 2.45. The van der Waals surface area contributed by atoms with E-state index in [2.05, 4.69) is 16.1 Å². The van der Waals surface area contributed by atoms with E-state index < -0.39 is 17.3 Å². The van der Waals surface area contributed by atoms with Gasteiger partial charge >= 0.3 is 6.18 Å². The maximum atomic E-state index is 13.0. The second-order valence-corrected chi connectivity index (χ2v) is 7.34. The molecule has 2 heterocycles. The summed E-state index contributed by atoms with van der Waals surface area (Å²) < 4.78 is 38.9.